The molecule has 1 atom stereocenters. The fourth-order valence-electron chi connectivity index (χ4n) is 3.70. The number of carbonyl (C=O) groups excluding carboxylic acids is 1. The molecule has 0 spiro atoms. The standard InChI is InChI=1S/C20H39N5O3.HI/c1-5-28-18(17(2)3)6-7-22-20(21-4)25-10-8-23(9-11-25)16-19(26)24-12-14-27-15-13-24;/h17-18H,5-16H2,1-4H3,(H,21,22);1H. The lowest BCUT2D eigenvalue weighted by molar-refractivity contribution is -0.136. The summed E-state index contributed by atoms with van der Waals surface area (Å²) >= 11 is 0. The highest BCUT2D eigenvalue weighted by Crippen LogP contribution is 2.10. The topological polar surface area (TPSA) is 69.6 Å². The van der Waals surface area contributed by atoms with Crippen molar-refractivity contribution in [2.75, 3.05) is 79.2 Å². The maximum atomic E-state index is 12.4. The summed E-state index contributed by atoms with van der Waals surface area (Å²) in [7, 11) is 1.83. The fourth-order valence-corrected chi connectivity index (χ4v) is 3.70. The van der Waals surface area contributed by atoms with Gasteiger partial charge in [0.2, 0.25) is 5.91 Å². The Bertz CT molecular complexity index is 493. The van der Waals surface area contributed by atoms with Crippen LogP contribution in [0.25, 0.3) is 0 Å². The van der Waals surface area contributed by atoms with Crippen molar-refractivity contribution in [2.45, 2.75) is 33.3 Å². The lowest BCUT2D eigenvalue weighted by Crippen LogP contribution is -2.55. The van der Waals surface area contributed by atoms with E-state index in [0.29, 0.717) is 38.8 Å². The van der Waals surface area contributed by atoms with Crippen LogP contribution in [0.4, 0.5) is 0 Å². The number of hydrogen-bond acceptors (Lipinski definition) is 5. The van der Waals surface area contributed by atoms with Gasteiger partial charge in [-0.15, -0.1) is 24.0 Å². The molecular formula is C20H40IN5O3. The average molecular weight is 525 g/mol. The Labute approximate surface area is 193 Å². The van der Waals surface area contributed by atoms with Gasteiger partial charge in [-0.2, -0.15) is 0 Å². The molecule has 0 radical (unpaired) electrons. The van der Waals surface area contributed by atoms with Crippen molar-refractivity contribution in [3.63, 3.8) is 0 Å². The first-order chi connectivity index (χ1) is 13.5. The monoisotopic (exact) mass is 525 g/mol. The van der Waals surface area contributed by atoms with E-state index in [9.17, 15) is 4.79 Å². The van der Waals surface area contributed by atoms with Crippen molar-refractivity contribution >= 4 is 35.8 Å². The lowest BCUT2D eigenvalue weighted by Gasteiger charge is -2.37. The second-order valence-corrected chi connectivity index (χ2v) is 7.76. The zero-order chi connectivity index (χ0) is 20.4. The number of carbonyl (C=O) groups is 1. The van der Waals surface area contributed by atoms with Crippen LogP contribution in [0.15, 0.2) is 4.99 Å². The van der Waals surface area contributed by atoms with Crippen molar-refractivity contribution in [1.29, 1.82) is 0 Å². The number of piperazine rings is 1. The molecular weight excluding hydrogens is 485 g/mol. The van der Waals surface area contributed by atoms with E-state index in [1.54, 1.807) is 0 Å². The largest absolute Gasteiger partial charge is 0.378 e. The molecule has 0 aromatic rings. The molecule has 1 amide bonds. The Hall–Kier alpha value is -0.650. The number of guanidine groups is 1. The molecule has 2 aliphatic rings. The molecule has 9 heteroatoms. The van der Waals surface area contributed by atoms with E-state index in [-0.39, 0.29) is 36.0 Å². The molecule has 29 heavy (non-hydrogen) atoms. The first-order valence-corrected chi connectivity index (χ1v) is 10.7. The van der Waals surface area contributed by atoms with Crippen LogP contribution in [0, 0.1) is 5.92 Å². The number of nitrogens with one attached hydrogen (secondary N) is 1. The third-order valence-corrected chi connectivity index (χ3v) is 5.44. The summed E-state index contributed by atoms with van der Waals surface area (Å²) in [6.07, 6.45) is 1.25. The van der Waals surface area contributed by atoms with Crippen LogP contribution in [0.3, 0.4) is 0 Å². The van der Waals surface area contributed by atoms with Gasteiger partial charge in [0, 0.05) is 59.5 Å². The number of nitrogens with zero attached hydrogens (tertiary/aromatic N) is 4. The summed E-state index contributed by atoms with van der Waals surface area (Å²) in [6.45, 7) is 14.8. The maximum Gasteiger partial charge on any atom is 0.236 e. The van der Waals surface area contributed by atoms with Gasteiger partial charge in [0.1, 0.15) is 0 Å². The molecule has 170 valence electrons. The second kappa shape index (κ2) is 14.4. The smallest absolute Gasteiger partial charge is 0.236 e. The quantitative estimate of drug-likeness (QED) is 0.291. The molecule has 0 aromatic carbocycles. The number of amides is 1. The summed E-state index contributed by atoms with van der Waals surface area (Å²) in [6, 6.07) is 0. The number of halogens is 1. The summed E-state index contributed by atoms with van der Waals surface area (Å²) in [5.41, 5.74) is 0. The summed E-state index contributed by atoms with van der Waals surface area (Å²) in [5, 5.41) is 3.48. The van der Waals surface area contributed by atoms with Crippen molar-refractivity contribution in [3.05, 3.63) is 0 Å². The van der Waals surface area contributed by atoms with E-state index in [4.69, 9.17) is 9.47 Å². The maximum absolute atomic E-state index is 12.4. The van der Waals surface area contributed by atoms with Crippen LogP contribution in [-0.2, 0) is 14.3 Å². The van der Waals surface area contributed by atoms with Crippen LogP contribution >= 0.6 is 24.0 Å². The fraction of sp³-hybridized carbons (Fsp3) is 0.900. The molecule has 2 aliphatic heterocycles. The molecule has 2 fully saturated rings. The predicted octanol–water partition coefficient (Wildman–Crippen LogP) is 1.11. The van der Waals surface area contributed by atoms with E-state index in [1.165, 1.54) is 0 Å². The van der Waals surface area contributed by atoms with E-state index in [0.717, 1.165) is 51.7 Å². The van der Waals surface area contributed by atoms with Crippen molar-refractivity contribution in [2.24, 2.45) is 10.9 Å². The van der Waals surface area contributed by atoms with Gasteiger partial charge in [0.25, 0.3) is 0 Å². The zero-order valence-electron chi connectivity index (χ0n) is 18.6. The summed E-state index contributed by atoms with van der Waals surface area (Å²) < 4.78 is 11.1. The number of hydrogen-bond donors (Lipinski definition) is 1. The van der Waals surface area contributed by atoms with Crippen LogP contribution in [0.1, 0.15) is 27.2 Å². The third kappa shape index (κ3) is 8.94. The van der Waals surface area contributed by atoms with Gasteiger partial charge in [-0.1, -0.05) is 13.8 Å². The van der Waals surface area contributed by atoms with E-state index in [1.807, 2.05) is 18.9 Å². The Balaban J connectivity index is 0.00000420. The molecule has 2 heterocycles. The molecule has 0 saturated carbocycles. The van der Waals surface area contributed by atoms with Gasteiger partial charge in [0.15, 0.2) is 5.96 Å². The summed E-state index contributed by atoms with van der Waals surface area (Å²) in [4.78, 5) is 23.3. The minimum Gasteiger partial charge on any atom is -0.378 e. The highest BCUT2D eigenvalue weighted by Gasteiger charge is 2.24. The number of ether oxygens (including phenoxy) is 2. The second-order valence-electron chi connectivity index (χ2n) is 7.76. The first-order valence-electron chi connectivity index (χ1n) is 10.7. The molecule has 0 bridgehead atoms. The van der Waals surface area contributed by atoms with Crippen LogP contribution in [-0.4, -0.2) is 112 Å². The average Bonchev–Trinajstić information content (AvgIpc) is 2.71. The van der Waals surface area contributed by atoms with E-state index < -0.39 is 0 Å². The molecule has 8 nitrogen and oxygen atoms in total. The molecule has 1 N–H and O–H groups in total. The number of aliphatic imine (C=N–C) groups is 1. The molecule has 2 rings (SSSR count). The number of morpholine rings is 1. The van der Waals surface area contributed by atoms with Crippen LogP contribution in [0.5, 0.6) is 0 Å². The van der Waals surface area contributed by atoms with Gasteiger partial charge in [0.05, 0.1) is 25.9 Å². The highest BCUT2D eigenvalue weighted by atomic mass is 127. The summed E-state index contributed by atoms with van der Waals surface area (Å²) in [5.74, 6) is 1.67. The minimum atomic E-state index is 0. The first kappa shape index (κ1) is 26.4. The van der Waals surface area contributed by atoms with Gasteiger partial charge < -0.3 is 24.6 Å². The SMILES string of the molecule is CCOC(CCNC(=NC)N1CCN(CC(=O)N2CCOCC2)CC1)C(C)C.I. The van der Waals surface area contributed by atoms with Crippen molar-refractivity contribution < 1.29 is 14.3 Å². The Morgan fingerprint density at radius 2 is 1.76 bits per heavy atom. The minimum absolute atomic E-state index is 0. The third-order valence-electron chi connectivity index (χ3n) is 5.44. The lowest BCUT2D eigenvalue weighted by atomic mass is 10.0. The predicted molar refractivity (Wildman–Crippen MR) is 127 cm³/mol. The normalized spacial score (nSPS) is 19.8. The van der Waals surface area contributed by atoms with Crippen molar-refractivity contribution in [3.8, 4) is 0 Å². The Kier molecular flexibility index (Phi) is 13.1. The molecule has 0 aliphatic carbocycles. The molecule has 2 saturated heterocycles. The highest BCUT2D eigenvalue weighted by molar-refractivity contribution is 14.0. The van der Waals surface area contributed by atoms with E-state index >= 15 is 0 Å². The molecule has 1 unspecified atom stereocenters. The van der Waals surface area contributed by atoms with Crippen molar-refractivity contribution in [1.82, 2.24) is 20.0 Å². The van der Waals surface area contributed by atoms with Gasteiger partial charge in [-0.05, 0) is 19.3 Å². The Morgan fingerprint density at radius 3 is 2.31 bits per heavy atom. The zero-order valence-corrected chi connectivity index (χ0v) is 20.9. The Morgan fingerprint density at radius 1 is 1.10 bits per heavy atom. The van der Waals surface area contributed by atoms with E-state index in [2.05, 4.69) is 34.0 Å². The number of rotatable bonds is 8. The van der Waals surface area contributed by atoms with Crippen LogP contribution < -0.4 is 5.32 Å². The van der Waals surface area contributed by atoms with Gasteiger partial charge >= 0.3 is 0 Å². The van der Waals surface area contributed by atoms with Gasteiger partial charge in [-0.3, -0.25) is 14.7 Å². The van der Waals surface area contributed by atoms with Gasteiger partial charge in [-0.25, -0.2) is 0 Å². The van der Waals surface area contributed by atoms with Crippen LogP contribution in [0.2, 0.25) is 0 Å². The molecule has 0 aromatic heterocycles.